The molecule has 5 heteroatoms. The van der Waals surface area contributed by atoms with Crippen LogP contribution in [-0.2, 0) is 4.74 Å². The van der Waals surface area contributed by atoms with E-state index in [2.05, 4.69) is 0 Å². The molecule has 1 aromatic carbocycles. The Labute approximate surface area is 116 Å². The number of morpholine rings is 1. The number of carbonyl (C=O) groups is 1. The van der Waals surface area contributed by atoms with E-state index in [0.717, 1.165) is 19.3 Å². The summed E-state index contributed by atoms with van der Waals surface area (Å²) in [5.41, 5.74) is 0.317. The zero-order chi connectivity index (χ0) is 13.4. The average molecular weight is 282 g/mol. The Bertz CT molecular complexity index is 505. The van der Waals surface area contributed by atoms with E-state index in [1.165, 1.54) is 6.07 Å². The number of amides is 1. The van der Waals surface area contributed by atoms with E-state index in [1.54, 1.807) is 12.1 Å². The van der Waals surface area contributed by atoms with E-state index in [0.29, 0.717) is 23.7 Å². The fourth-order valence-corrected chi connectivity index (χ4v) is 3.18. The highest BCUT2D eigenvalue weighted by Crippen LogP contribution is 2.32. The zero-order valence-corrected chi connectivity index (χ0v) is 11.3. The van der Waals surface area contributed by atoms with Crippen molar-refractivity contribution in [2.75, 3.05) is 13.2 Å². The summed E-state index contributed by atoms with van der Waals surface area (Å²) >= 11 is 5.79. The Morgan fingerprint density at radius 3 is 3.05 bits per heavy atom. The Hall–Kier alpha value is -1.26. The molecule has 2 fully saturated rings. The first-order valence-electron chi connectivity index (χ1n) is 6.58. The first-order valence-corrected chi connectivity index (χ1v) is 6.95. The van der Waals surface area contributed by atoms with Crippen LogP contribution in [0.1, 0.15) is 29.6 Å². The van der Waals surface area contributed by atoms with E-state index < -0.39 is 0 Å². The van der Waals surface area contributed by atoms with Gasteiger partial charge in [0.1, 0.15) is 5.75 Å². The van der Waals surface area contributed by atoms with Crippen molar-refractivity contribution in [3.63, 3.8) is 0 Å². The third-order valence-electron chi connectivity index (χ3n) is 3.93. The number of benzene rings is 1. The number of aromatic hydroxyl groups is 1. The fourth-order valence-electron chi connectivity index (χ4n) is 3.02. The lowest BCUT2D eigenvalue weighted by atomic mass is 10.1. The minimum Gasteiger partial charge on any atom is -0.507 e. The maximum Gasteiger partial charge on any atom is 0.258 e. The SMILES string of the molecule is O=C(c1ccc(Cl)cc1O)N1CCOC2CCCC21. The minimum atomic E-state index is -0.130. The van der Waals surface area contributed by atoms with Gasteiger partial charge in [-0.1, -0.05) is 11.6 Å². The summed E-state index contributed by atoms with van der Waals surface area (Å²) in [5.74, 6) is -0.187. The van der Waals surface area contributed by atoms with Gasteiger partial charge in [0.15, 0.2) is 0 Å². The number of hydrogen-bond acceptors (Lipinski definition) is 3. The number of fused-ring (bicyclic) bond motifs is 1. The monoisotopic (exact) mass is 281 g/mol. The number of phenols is 1. The van der Waals surface area contributed by atoms with Crippen LogP contribution in [0.25, 0.3) is 0 Å². The Kier molecular flexibility index (Phi) is 3.37. The highest BCUT2D eigenvalue weighted by Gasteiger charge is 2.39. The van der Waals surface area contributed by atoms with Gasteiger partial charge in [-0.25, -0.2) is 0 Å². The fraction of sp³-hybridized carbons (Fsp3) is 0.500. The topological polar surface area (TPSA) is 49.8 Å². The first kappa shape index (κ1) is 12.8. The highest BCUT2D eigenvalue weighted by atomic mass is 35.5. The van der Waals surface area contributed by atoms with Crippen LogP contribution in [-0.4, -0.2) is 41.2 Å². The molecule has 2 unspecified atom stereocenters. The lowest BCUT2D eigenvalue weighted by Gasteiger charge is -2.37. The van der Waals surface area contributed by atoms with Gasteiger partial charge in [-0.05, 0) is 37.5 Å². The van der Waals surface area contributed by atoms with Crippen molar-refractivity contribution < 1.29 is 14.6 Å². The van der Waals surface area contributed by atoms with Crippen molar-refractivity contribution >= 4 is 17.5 Å². The molecule has 1 saturated carbocycles. The van der Waals surface area contributed by atoms with Gasteiger partial charge < -0.3 is 14.7 Å². The predicted molar refractivity (Wildman–Crippen MR) is 71.5 cm³/mol. The van der Waals surface area contributed by atoms with Gasteiger partial charge in [0, 0.05) is 11.6 Å². The third kappa shape index (κ3) is 2.30. The highest BCUT2D eigenvalue weighted by molar-refractivity contribution is 6.30. The molecule has 1 N–H and O–H groups in total. The number of hydrogen-bond donors (Lipinski definition) is 1. The standard InChI is InChI=1S/C14H16ClNO3/c15-9-4-5-10(12(17)8-9)14(18)16-6-7-19-13-3-1-2-11(13)16/h4-5,8,11,13,17H,1-3,6-7H2. The van der Waals surface area contributed by atoms with Crippen LogP contribution in [0.15, 0.2) is 18.2 Å². The van der Waals surface area contributed by atoms with Crippen molar-refractivity contribution in [1.82, 2.24) is 4.90 Å². The van der Waals surface area contributed by atoms with Crippen LogP contribution >= 0.6 is 11.6 Å². The molecule has 2 atom stereocenters. The second-order valence-corrected chi connectivity index (χ2v) is 5.50. The molecule has 0 aromatic heterocycles. The Balaban J connectivity index is 1.86. The summed E-state index contributed by atoms with van der Waals surface area (Å²) in [5, 5.41) is 10.3. The van der Waals surface area contributed by atoms with Crippen molar-refractivity contribution in [3.8, 4) is 5.75 Å². The summed E-state index contributed by atoms with van der Waals surface area (Å²) in [4.78, 5) is 14.4. The molecule has 1 heterocycles. The van der Waals surface area contributed by atoms with Gasteiger partial charge in [0.2, 0.25) is 0 Å². The van der Waals surface area contributed by atoms with Crippen LogP contribution in [0.2, 0.25) is 5.02 Å². The first-order chi connectivity index (χ1) is 9.16. The van der Waals surface area contributed by atoms with Gasteiger partial charge in [0.25, 0.3) is 5.91 Å². The van der Waals surface area contributed by atoms with Gasteiger partial charge in [0.05, 0.1) is 24.3 Å². The molecule has 19 heavy (non-hydrogen) atoms. The van der Waals surface area contributed by atoms with Crippen LogP contribution in [0.4, 0.5) is 0 Å². The third-order valence-corrected chi connectivity index (χ3v) is 4.17. The van der Waals surface area contributed by atoms with E-state index in [9.17, 15) is 9.90 Å². The number of halogens is 1. The molecule has 0 bridgehead atoms. The largest absolute Gasteiger partial charge is 0.507 e. The smallest absolute Gasteiger partial charge is 0.258 e. The molecule has 102 valence electrons. The minimum absolute atomic E-state index is 0.0569. The molecule has 1 aromatic rings. The molecule has 1 saturated heterocycles. The number of ether oxygens (including phenoxy) is 1. The summed E-state index contributed by atoms with van der Waals surface area (Å²) < 4.78 is 5.69. The molecule has 1 aliphatic heterocycles. The molecule has 2 aliphatic rings. The molecule has 0 spiro atoms. The van der Waals surface area contributed by atoms with Crippen molar-refractivity contribution in [1.29, 1.82) is 0 Å². The molecule has 3 rings (SSSR count). The zero-order valence-electron chi connectivity index (χ0n) is 10.5. The molecule has 1 aliphatic carbocycles. The summed E-state index contributed by atoms with van der Waals surface area (Å²) in [6.45, 7) is 1.16. The summed E-state index contributed by atoms with van der Waals surface area (Å²) in [6, 6.07) is 4.76. The van der Waals surface area contributed by atoms with Crippen molar-refractivity contribution in [2.45, 2.75) is 31.4 Å². The molecular formula is C14H16ClNO3. The average Bonchev–Trinajstić information content (AvgIpc) is 2.86. The predicted octanol–water partition coefficient (Wildman–Crippen LogP) is 2.44. The van der Waals surface area contributed by atoms with Crippen LogP contribution in [0.3, 0.4) is 0 Å². The number of rotatable bonds is 1. The number of phenolic OH excluding ortho intramolecular Hbond substituents is 1. The molecule has 1 amide bonds. The van der Waals surface area contributed by atoms with Crippen molar-refractivity contribution in [3.05, 3.63) is 28.8 Å². The maximum atomic E-state index is 12.5. The second kappa shape index (κ2) is 5.02. The van der Waals surface area contributed by atoms with E-state index in [4.69, 9.17) is 16.3 Å². The number of carbonyl (C=O) groups excluding carboxylic acids is 1. The van der Waals surface area contributed by atoms with Gasteiger partial charge >= 0.3 is 0 Å². The van der Waals surface area contributed by atoms with Crippen molar-refractivity contribution in [2.24, 2.45) is 0 Å². The number of nitrogens with zero attached hydrogens (tertiary/aromatic N) is 1. The Morgan fingerprint density at radius 2 is 2.26 bits per heavy atom. The van der Waals surface area contributed by atoms with Gasteiger partial charge in [-0.3, -0.25) is 4.79 Å². The van der Waals surface area contributed by atoms with Crippen LogP contribution in [0.5, 0.6) is 5.75 Å². The van der Waals surface area contributed by atoms with Gasteiger partial charge in [-0.2, -0.15) is 0 Å². The van der Waals surface area contributed by atoms with Crippen LogP contribution < -0.4 is 0 Å². The van der Waals surface area contributed by atoms with E-state index in [-0.39, 0.29) is 23.8 Å². The van der Waals surface area contributed by atoms with E-state index >= 15 is 0 Å². The molecule has 0 radical (unpaired) electrons. The second-order valence-electron chi connectivity index (χ2n) is 5.07. The lowest BCUT2D eigenvalue weighted by Crippen LogP contribution is -2.51. The van der Waals surface area contributed by atoms with Gasteiger partial charge in [-0.15, -0.1) is 0 Å². The summed E-state index contributed by atoms with van der Waals surface area (Å²) in [6.07, 6.45) is 3.24. The molecule has 4 nitrogen and oxygen atoms in total. The normalized spacial score (nSPS) is 26.3. The molecular weight excluding hydrogens is 266 g/mol. The summed E-state index contributed by atoms with van der Waals surface area (Å²) in [7, 11) is 0. The lowest BCUT2D eigenvalue weighted by molar-refractivity contribution is -0.0446. The maximum absolute atomic E-state index is 12.5. The van der Waals surface area contributed by atoms with E-state index in [1.807, 2.05) is 4.90 Å². The Morgan fingerprint density at radius 1 is 1.42 bits per heavy atom. The quantitative estimate of drug-likeness (QED) is 0.860. The van der Waals surface area contributed by atoms with Crippen LogP contribution in [0, 0.1) is 0 Å².